The number of carboxylic acid groups (broad SMARTS) is 1. The third kappa shape index (κ3) is 2.92. The highest BCUT2D eigenvalue weighted by molar-refractivity contribution is 9.10. The molecule has 0 saturated heterocycles. The van der Waals surface area contributed by atoms with E-state index < -0.39 is 11.9 Å². The van der Waals surface area contributed by atoms with Gasteiger partial charge >= 0.3 is 5.97 Å². The summed E-state index contributed by atoms with van der Waals surface area (Å²) in [6, 6.07) is 3.51. The first kappa shape index (κ1) is 12.7. The van der Waals surface area contributed by atoms with Crippen LogP contribution in [0.4, 0.5) is 0 Å². The van der Waals surface area contributed by atoms with Crippen molar-refractivity contribution in [1.82, 2.24) is 15.2 Å². The Morgan fingerprint density at radius 1 is 1.56 bits per heavy atom. The third-order valence-corrected chi connectivity index (χ3v) is 2.81. The van der Waals surface area contributed by atoms with Crippen molar-refractivity contribution in [1.29, 1.82) is 0 Å². The number of aliphatic carboxylic acids is 1. The fraction of sp³-hybridized carbons (Fsp3) is 0.273. The number of halogens is 1. The molecule has 18 heavy (non-hydrogen) atoms. The summed E-state index contributed by atoms with van der Waals surface area (Å²) in [5.41, 5.74) is 0.579. The highest BCUT2D eigenvalue weighted by atomic mass is 79.9. The minimum atomic E-state index is -0.947. The molecule has 1 unspecified atom stereocenters. The van der Waals surface area contributed by atoms with Crippen molar-refractivity contribution in [2.45, 2.75) is 19.3 Å². The molecule has 1 N–H and O–H groups in total. The molecule has 0 aliphatic carbocycles. The first-order valence-electron chi connectivity index (χ1n) is 5.19. The number of nitrogens with zero attached hydrogens (tertiary/aromatic N) is 3. The molecule has 94 valence electrons. The summed E-state index contributed by atoms with van der Waals surface area (Å²) < 4.78 is 6.12. The first-order valence-corrected chi connectivity index (χ1v) is 5.99. The largest absolute Gasteiger partial charge is 0.481 e. The Morgan fingerprint density at radius 2 is 2.33 bits per heavy atom. The van der Waals surface area contributed by atoms with Crippen molar-refractivity contribution in [3.05, 3.63) is 40.3 Å². The number of hydrogen-bond donors (Lipinski definition) is 1. The van der Waals surface area contributed by atoms with E-state index in [1.54, 1.807) is 25.3 Å². The molecule has 0 aliphatic heterocycles. The van der Waals surface area contributed by atoms with Gasteiger partial charge in [-0.1, -0.05) is 15.9 Å². The second-order valence-corrected chi connectivity index (χ2v) is 4.62. The van der Waals surface area contributed by atoms with Crippen LogP contribution in [-0.4, -0.2) is 26.3 Å². The SMILES string of the molecule is Cc1nnc(C(CC(=O)O)c2cc(Br)ccn2)o1. The quantitative estimate of drug-likeness (QED) is 0.930. The fourth-order valence-electron chi connectivity index (χ4n) is 1.56. The molecule has 2 aromatic rings. The van der Waals surface area contributed by atoms with E-state index in [9.17, 15) is 4.79 Å². The zero-order chi connectivity index (χ0) is 13.1. The smallest absolute Gasteiger partial charge is 0.304 e. The summed E-state index contributed by atoms with van der Waals surface area (Å²) in [6.07, 6.45) is 1.45. The highest BCUT2D eigenvalue weighted by Crippen LogP contribution is 2.27. The molecule has 1 atom stereocenters. The van der Waals surface area contributed by atoms with E-state index in [-0.39, 0.29) is 12.3 Å². The molecule has 6 nitrogen and oxygen atoms in total. The van der Waals surface area contributed by atoms with Crippen molar-refractivity contribution in [2.75, 3.05) is 0 Å². The Morgan fingerprint density at radius 3 is 2.89 bits per heavy atom. The monoisotopic (exact) mass is 311 g/mol. The van der Waals surface area contributed by atoms with Crippen LogP contribution in [0.1, 0.15) is 29.8 Å². The van der Waals surface area contributed by atoms with Gasteiger partial charge in [0.1, 0.15) is 0 Å². The van der Waals surface area contributed by atoms with Crippen molar-refractivity contribution >= 4 is 21.9 Å². The lowest BCUT2D eigenvalue weighted by Crippen LogP contribution is -2.10. The summed E-state index contributed by atoms with van der Waals surface area (Å²) >= 11 is 3.32. The van der Waals surface area contributed by atoms with Crippen LogP contribution in [-0.2, 0) is 4.79 Å². The Balaban J connectivity index is 2.39. The molecule has 0 aliphatic rings. The summed E-state index contributed by atoms with van der Waals surface area (Å²) in [6.45, 7) is 1.66. The zero-order valence-corrected chi connectivity index (χ0v) is 11.1. The van der Waals surface area contributed by atoms with Crippen LogP contribution in [0.3, 0.4) is 0 Å². The lowest BCUT2D eigenvalue weighted by atomic mass is 10.0. The van der Waals surface area contributed by atoms with Crippen molar-refractivity contribution in [2.24, 2.45) is 0 Å². The molecule has 2 aromatic heterocycles. The molecular weight excluding hydrogens is 302 g/mol. The molecule has 0 aromatic carbocycles. The molecule has 0 spiro atoms. The van der Waals surface area contributed by atoms with Gasteiger partial charge in [0.2, 0.25) is 11.8 Å². The van der Waals surface area contributed by atoms with Crippen LogP contribution < -0.4 is 0 Å². The van der Waals surface area contributed by atoms with E-state index in [2.05, 4.69) is 31.1 Å². The lowest BCUT2D eigenvalue weighted by molar-refractivity contribution is -0.137. The molecule has 0 saturated carbocycles. The number of aryl methyl sites for hydroxylation is 1. The topological polar surface area (TPSA) is 89.1 Å². The zero-order valence-electron chi connectivity index (χ0n) is 9.50. The van der Waals surface area contributed by atoms with Crippen LogP contribution in [0.5, 0.6) is 0 Å². The van der Waals surface area contributed by atoms with Gasteiger partial charge in [0.25, 0.3) is 0 Å². The lowest BCUT2D eigenvalue weighted by Gasteiger charge is -2.10. The van der Waals surface area contributed by atoms with Crippen LogP contribution in [0, 0.1) is 6.92 Å². The van der Waals surface area contributed by atoms with Gasteiger partial charge in [-0.25, -0.2) is 0 Å². The molecule has 0 bridgehead atoms. The van der Waals surface area contributed by atoms with Gasteiger partial charge in [-0.2, -0.15) is 0 Å². The summed E-state index contributed by atoms with van der Waals surface area (Å²) in [7, 11) is 0. The third-order valence-electron chi connectivity index (χ3n) is 2.32. The maximum atomic E-state index is 10.9. The van der Waals surface area contributed by atoms with E-state index in [1.807, 2.05) is 0 Å². The number of pyridine rings is 1. The van der Waals surface area contributed by atoms with Gasteiger partial charge in [-0.05, 0) is 12.1 Å². The van der Waals surface area contributed by atoms with Crippen LogP contribution in [0.25, 0.3) is 0 Å². The number of hydrogen-bond acceptors (Lipinski definition) is 5. The van der Waals surface area contributed by atoms with Gasteiger partial charge < -0.3 is 9.52 Å². The predicted molar refractivity (Wildman–Crippen MR) is 65.1 cm³/mol. The number of carboxylic acids is 1. The molecule has 2 heterocycles. The average Bonchev–Trinajstić information content (AvgIpc) is 2.72. The van der Waals surface area contributed by atoms with Gasteiger partial charge in [-0.3, -0.25) is 9.78 Å². The van der Waals surface area contributed by atoms with Crippen LogP contribution in [0.2, 0.25) is 0 Å². The Bertz CT molecular complexity index is 570. The van der Waals surface area contributed by atoms with E-state index in [0.717, 1.165) is 4.47 Å². The van der Waals surface area contributed by atoms with Gasteiger partial charge in [0.05, 0.1) is 18.0 Å². The van der Waals surface area contributed by atoms with E-state index >= 15 is 0 Å². The van der Waals surface area contributed by atoms with Gasteiger partial charge in [-0.15, -0.1) is 10.2 Å². The molecule has 0 fully saturated rings. The molecular formula is C11H10BrN3O3. The van der Waals surface area contributed by atoms with Crippen LogP contribution >= 0.6 is 15.9 Å². The van der Waals surface area contributed by atoms with Crippen molar-refractivity contribution < 1.29 is 14.3 Å². The minimum absolute atomic E-state index is 0.148. The standard InChI is InChI=1S/C11H10BrN3O3/c1-6-14-15-11(18-6)8(5-10(16)17)9-4-7(12)2-3-13-9/h2-4,8H,5H2,1H3,(H,16,17). The second-order valence-electron chi connectivity index (χ2n) is 3.71. The maximum absolute atomic E-state index is 10.9. The first-order chi connectivity index (χ1) is 8.56. The van der Waals surface area contributed by atoms with E-state index in [0.29, 0.717) is 11.6 Å². The Kier molecular flexibility index (Phi) is 3.71. The minimum Gasteiger partial charge on any atom is -0.481 e. The van der Waals surface area contributed by atoms with Gasteiger partial charge in [0.15, 0.2) is 0 Å². The number of rotatable bonds is 4. The van der Waals surface area contributed by atoms with Crippen LogP contribution in [0.15, 0.2) is 27.2 Å². The number of aromatic nitrogens is 3. The summed E-state index contributed by atoms with van der Waals surface area (Å²) in [5.74, 6) is -0.824. The molecule has 0 radical (unpaired) electrons. The number of carbonyl (C=O) groups is 1. The Hall–Kier alpha value is -1.76. The summed E-state index contributed by atoms with van der Waals surface area (Å²) in [5, 5.41) is 16.5. The summed E-state index contributed by atoms with van der Waals surface area (Å²) in [4.78, 5) is 15.1. The molecule has 2 rings (SSSR count). The van der Waals surface area contributed by atoms with Gasteiger partial charge in [0, 0.05) is 17.6 Å². The highest BCUT2D eigenvalue weighted by Gasteiger charge is 2.24. The maximum Gasteiger partial charge on any atom is 0.304 e. The normalized spacial score (nSPS) is 12.3. The van der Waals surface area contributed by atoms with E-state index in [4.69, 9.17) is 9.52 Å². The molecule has 7 heteroatoms. The molecule has 0 amide bonds. The van der Waals surface area contributed by atoms with Crippen molar-refractivity contribution in [3.63, 3.8) is 0 Å². The second kappa shape index (κ2) is 5.26. The Labute approximate surface area is 111 Å². The fourth-order valence-corrected chi connectivity index (χ4v) is 1.91. The average molecular weight is 312 g/mol. The van der Waals surface area contributed by atoms with Crippen molar-refractivity contribution in [3.8, 4) is 0 Å². The predicted octanol–water partition coefficient (Wildman–Crippen LogP) is 2.14. The van der Waals surface area contributed by atoms with E-state index in [1.165, 1.54) is 0 Å².